The maximum atomic E-state index is 12.4. The van der Waals surface area contributed by atoms with Gasteiger partial charge in [-0.05, 0) is 32.6 Å². The SMILES string of the molecule is CCCCCCC(C)OC(=O)C(CCCC)CCCCCC. The van der Waals surface area contributed by atoms with Crippen LogP contribution in [0.1, 0.15) is 111 Å². The van der Waals surface area contributed by atoms with Gasteiger partial charge in [0.25, 0.3) is 0 Å². The first-order valence-corrected chi connectivity index (χ1v) is 9.86. The maximum Gasteiger partial charge on any atom is 0.309 e. The third-order valence-corrected chi connectivity index (χ3v) is 4.43. The Bertz CT molecular complexity index is 250. The van der Waals surface area contributed by atoms with Crippen LogP contribution in [0.3, 0.4) is 0 Å². The van der Waals surface area contributed by atoms with Gasteiger partial charge in [-0.2, -0.15) is 0 Å². The number of hydrogen-bond donors (Lipinski definition) is 0. The first kappa shape index (κ1) is 21.5. The fourth-order valence-electron chi connectivity index (χ4n) is 2.86. The standard InChI is InChI=1S/C20H40O2/c1-5-8-11-13-15-18(4)22-20(21)19(16-10-7-3)17-14-12-9-6-2/h18-19H,5-17H2,1-4H3. The van der Waals surface area contributed by atoms with Crippen LogP contribution in [0.4, 0.5) is 0 Å². The molecule has 2 atom stereocenters. The summed E-state index contributed by atoms with van der Waals surface area (Å²) in [5.41, 5.74) is 0. The van der Waals surface area contributed by atoms with Crippen molar-refractivity contribution in [3.05, 3.63) is 0 Å². The van der Waals surface area contributed by atoms with Crippen molar-refractivity contribution in [3.63, 3.8) is 0 Å². The van der Waals surface area contributed by atoms with Crippen LogP contribution in [0.25, 0.3) is 0 Å². The Labute approximate surface area is 139 Å². The lowest BCUT2D eigenvalue weighted by atomic mass is 9.95. The molecule has 0 saturated heterocycles. The Hall–Kier alpha value is -0.530. The third-order valence-electron chi connectivity index (χ3n) is 4.43. The highest BCUT2D eigenvalue weighted by Crippen LogP contribution is 2.20. The van der Waals surface area contributed by atoms with Crippen molar-refractivity contribution in [2.45, 2.75) is 117 Å². The van der Waals surface area contributed by atoms with E-state index in [1.807, 2.05) is 0 Å². The van der Waals surface area contributed by atoms with E-state index >= 15 is 0 Å². The Balaban J connectivity index is 4.06. The molecule has 132 valence electrons. The van der Waals surface area contributed by atoms with Gasteiger partial charge < -0.3 is 4.74 Å². The van der Waals surface area contributed by atoms with E-state index in [0.717, 1.165) is 32.1 Å². The number of carbonyl (C=O) groups is 1. The zero-order valence-electron chi connectivity index (χ0n) is 15.7. The predicted molar refractivity (Wildman–Crippen MR) is 96.1 cm³/mol. The Morgan fingerprint density at radius 2 is 1.23 bits per heavy atom. The second kappa shape index (κ2) is 15.4. The average molecular weight is 313 g/mol. The van der Waals surface area contributed by atoms with Crippen LogP contribution in [-0.2, 0) is 9.53 Å². The summed E-state index contributed by atoms with van der Waals surface area (Å²) in [6.45, 7) is 8.69. The van der Waals surface area contributed by atoms with Crippen LogP contribution < -0.4 is 0 Å². The van der Waals surface area contributed by atoms with E-state index in [0.29, 0.717) is 0 Å². The average Bonchev–Trinajstić information content (AvgIpc) is 2.50. The summed E-state index contributed by atoms with van der Waals surface area (Å²) in [4.78, 5) is 12.4. The molecule has 0 aromatic heterocycles. The van der Waals surface area contributed by atoms with Crippen LogP contribution in [0.2, 0.25) is 0 Å². The normalized spacial score (nSPS) is 13.8. The first-order valence-electron chi connectivity index (χ1n) is 9.86. The predicted octanol–water partition coefficient (Wildman–Crippen LogP) is 6.67. The van der Waals surface area contributed by atoms with E-state index in [-0.39, 0.29) is 18.0 Å². The Morgan fingerprint density at radius 1 is 0.727 bits per heavy atom. The molecular weight excluding hydrogens is 272 g/mol. The van der Waals surface area contributed by atoms with E-state index in [9.17, 15) is 4.79 Å². The number of esters is 1. The van der Waals surface area contributed by atoms with E-state index in [2.05, 4.69) is 27.7 Å². The Morgan fingerprint density at radius 3 is 1.77 bits per heavy atom. The lowest BCUT2D eigenvalue weighted by Gasteiger charge is -2.19. The molecule has 2 nitrogen and oxygen atoms in total. The highest BCUT2D eigenvalue weighted by atomic mass is 16.5. The minimum Gasteiger partial charge on any atom is -0.462 e. The molecule has 0 aliphatic rings. The van der Waals surface area contributed by atoms with Gasteiger partial charge in [-0.15, -0.1) is 0 Å². The lowest BCUT2D eigenvalue weighted by molar-refractivity contribution is -0.154. The van der Waals surface area contributed by atoms with Gasteiger partial charge in [-0.1, -0.05) is 78.6 Å². The number of ether oxygens (including phenoxy) is 1. The van der Waals surface area contributed by atoms with E-state index < -0.39 is 0 Å². The summed E-state index contributed by atoms with van der Waals surface area (Å²) in [7, 11) is 0. The topological polar surface area (TPSA) is 26.3 Å². The smallest absolute Gasteiger partial charge is 0.309 e. The number of hydrogen-bond acceptors (Lipinski definition) is 2. The van der Waals surface area contributed by atoms with Gasteiger partial charge in [-0.25, -0.2) is 0 Å². The number of carbonyl (C=O) groups excluding carboxylic acids is 1. The highest BCUT2D eigenvalue weighted by molar-refractivity contribution is 5.72. The summed E-state index contributed by atoms with van der Waals surface area (Å²) < 4.78 is 5.71. The van der Waals surface area contributed by atoms with Crippen molar-refractivity contribution in [2.75, 3.05) is 0 Å². The molecule has 0 saturated carbocycles. The largest absolute Gasteiger partial charge is 0.462 e. The fourth-order valence-corrected chi connectivity index (χ4v) is 2.86. The molecule has 0 aliphatic heterocycles. The fraction of sp³-hybridized carbons (Fsp3) is 0.950. The van der Waals surface area contributed by atoms with Crippen molar-refractivity contribution in [2.24, 2.45) is 5.92 Å². The second-order valence-electron chi connectivity index (χ2n) is 6.79. The van der Waals surface area contributed by atoms with E-state index in [1.54, 1.807) is 0 Å². The van der Waals surface area contributed by atoms with E-state index in [4.69, 9.17) is 4.74 Å². The third kappa shape index (κ3) is 12.1. The van der Waals surface area contributed by atoms with Gasteiger partial charge in [0.2, 0.25) is 0 Å². The molecule has 0 rings (SSSR count). The summed E-state index contributed by atoms with van der Waals surface area (Å²) >= 11 is 0. The Kier molecular flexibility index (Phi) is 15.0. The molecule has 0 amide bonds. The van der Waals surface area contributed by atoms with Gasteiger partial charge in [0.15, 0.2) is 0 Å². The molecule has 0 heterocycles. The van der Waals surface area contributed by atoms with Crippen LogP contribution in [0.15, 0.2) is 0 Å². The molecule has 0 fully saturated rings. The van der Waals surface area contributed by atoms with Crippen LogP contribution in [0.5, 0.6) is 0 Å². The molecule has 0 aromatic carbocycles. The molecule has 0 aromatic rings. The summed E-state index contributed by atoms with van der Waals surface area (Å²) in [5, 5.41) is 0. The molecular formula is C20H40O2. The molecule has 0 N–H and O–H groups in total. The molecule has 2 unspecified atom stereocenters. The highest BCUT2D eigenvalue weighted by Gasteiger charge is 2.21. The molecule has 2 heteroatoms. The van der Waals surface area contributed by atoms with Crippen molar-refractivity contribution < 1.29 is 9.53 Å². The van der Waals surface area contributed by atoms with Crippen molar-refractivity contribution >= 4 is 5.97 Å². The molecule has 22 heavy (non-hydrogen) atoms. The lowest BCUT2D eigenvalue weighted by Crippen LogP contribution is -2.23. The maximum absolute atomic E-state index is 12.4. The van der Waals surface area contributed by atoms with Crippen LogP contribution in [0, 0.1) is 5.92 Å². The van der Waals surface area contributed by atoms with Crippen LogP contribution >= 0.6 is 0 Å². The van der Waals surface area contributed by atoms with E-state index in [1.165, 1.54) is 51.4 Å². The van der Waals surface area contributed by atoms with Gasteiger partial charge in [0, 0.05) is 0 Å². The first-order chi connectivity index (χ1) is 10.7. The molecule has 0 spiro atoms. The van der Waals surface area contributed by atoms with Gasteiger partial charge in [0.05, 0.1) is 12.0 Å². The zero-order valence-corrected chi connectivity index (χ0v) is 15.7. The molecule has 0 bridgehead atoms. The molecule has 0 radical (unpaired) electrons. The quantitative estimate of drug-likeness (QED) is 0.249. The van der Waals surface area contributed by atoms with Gasteiger partial charge in [-0.3, -0.25) is 4.79 Å². The zero-order chi connectivity index (χ0) is 16.6. The van der Waals surface area contributed by atoms with Crippen molar-refractivity contribution in [3.8, 4) is 0 Å². The monoisotopic (exact) mass is 312 g/mol. The molecule has 0 aliphatic carbocycles. The van der Waals surface area contributed by atoms with Crippen molar-refractivity contribution in [1.82, 2.24) is 0 Å². The minimum absolute atomic E-state index is 0.0629. The van der Waals surface area contributed by atoms with Crippen molar-refractivity contribution in [1.29, 1.82) is 0 Å². The van der Waals surface area contributed by atoms with Crippen LogP contribution in [-0.4, -0.2) is 12.1 Å². The summed E-state index contributed by atoms with van der Waals surface area (Å²) in [6, 6.07) is 0. The number of rotatable bonds is 15. The summed E-state index contributed by atoms with van der Waals surface area (Å²) in [6.07, 6.45) is 15.3. The minimum atomic E-state index is 0.0629. The summed E-state index contributed by atoms with van der Waals surface area (Å²) in [5.74, 6) is 0.197. The van der Waals surface area contributed by atoms with Gasteiger partial charge >= 0.3 is 5.97 Å². The van der Waals surface area contributed by atoms with Gasteiger partial charge in [0.1, 0.15) is 0 Å². The number of unbranched alkanes of at least 4 members (excludes halogenated alkanes) is 7. The second-order valence-corrected chi connectivity index (χ2v) is 6.79.